The van der Waals surface area contributed by atoms with E-state index in [-0.39, 0.29) is 33.9 Å². The van der Waals surface area contributed by atoms with E-state index in [1.54, 1.807) is 24.3 Å². The van der Waals surface area contributed by atoms with Gasteiger partial charge in [-0.05, 0) is 26.1 Å². The number of H-pyrrole nitrogens is 1. The van der Waals surface area contributed by atoms with E-state index in [4.69, 9.17) is 4.74 Å². The predicted octanol–water partition coefficient (Wildman–Crippen LogP) is 4.00. The Kier molecular flexibility index (Phi) is 7.13. The summed E-state index contributed by atoms with van der Waals surface area (Å²) < 4.78 is 46.5. The second-order valence-corrected chi connectivity index (χ2v) is 9.34. The molecule has 5 rings (SSSR count). The molecule has 3 aromatic heterocycles. The quantitative estimate of drug-likeness (QED) is 0.408. The molecular weight excluding hydrogens is 497 g/mol. The van der Waals surface area contributed by atoms with E-state index in [1.807, 2.05) is 6.07 Å². The molecule has 11 heteroatoms. The molecule has 1 aliphatic heterocycles. The Labute approximate surface area is 217 Å². The highest BCUT2D eigenvalue weighted by molar-refractivity contribution is 5.85. The second kappa shape index (κ2) is 10.5. The number of nitrogens with one attached hydrogen (secondary N) is 1. The summed E-state index contributed by atoms with van der Waals surface area (Å²) in [6.45, 7) is 6.28. The molecule has 4 aromatic rings. The van der Waals surface area contributed by atoms with Gasteiger partial charge in [0.2, 0.25) is 0 Å². The van der Waals surface area contributed by atoms with Gasteiger partial charge >= 0.3 is 6.18 Å². The Morgan fingerprint density at radius 3 is 2.39 bits per heavy atom. The van der Waals surface area contributed by atoms with E-state index < -0.39 is 17.3 Å². The second-order valence-electron chi connectivity index (χ2n) is 9.34. The third kappa shape index (κ3) is 5.53. The summed E-state index contributed by atoms with van der Waals surface area (Å²) in [7, 11) is 2.08. The lowest BCUT2D eigenvalue weighted by atomic mass is 10.0. The van der Waals surface area contributed by atoms with Crippen molar-refractivity contribution >= 4 is 11.2 Å². The zero-order chi connectivity index (χ0) is 26.9. The van der Waals surface area contributed by atoms with Crippen LogP contribution in [0.3, 0.4) is 0 Å². The number of piperazine rings is 1. The molecule has 198 valence electrons. The summed E-state index contributed by atoms with van der Waals surface area (Å²) in [6.07, 6.45) is -3.18. The Morgan fingerprint density at radius 1 is 0.974 bits per heavy atom. The number of fused-ring (bicyclic) bond motifs is 1. The highest BCUT2D eigenvalue weighted by atomic mass is 19.4. The van der Waals surface area contributed by atoms with E-state index in [2.05, 4.69) is 36.8 Å². The number of aromatic amines is 1. The number of aromatic nitrogens is 4. The van der Waals surface area contributed by atoms with Crippen molar-refractivity contribution in [2.45, 2.75) is 13.1 Å². The Balaban J connectivity index is 1.55. The van der Waals surface area contributed by atoms with Crippen LogP contribution in [0, 0.1) is 6.92 Å². The van der Waals surface area contributed by atoms with Crippen LogP contribution in [0.5, 0.6) is 5.75 Å². The number of halogens is 3. The largest absolute Gasteiger partial charge is 0.487 e. The molecule has 0 amide bonds. The standard InChI is InChI=1S/C27H27F3N6O2/c1-17-14-19(15-21(32-17)27(28,29)30)23-22(18-6-4-3-5-7-18)34-26-24(33-23)25(37)20(16-31-26)38-13-12-36-10-8-35(2)9-11-36/h3-7,14-16H,8-13H2,1-2H3,(H,31,34,37). The number of aryl methyl sites for hydroxylation is 1. The van der Waals surface area contributed by atoms with Gasteiger partial charge in [0, 0.05) is 55.7 Å². The number of pyridine rings is 2. The average Bonchev–Trinajstić information content (AvgIpc) is 2.90. The number of benzene rings is 1. The molecule has 1 aliphatic rings. The van der Waals surface area contributed by atoms with Gasteiger partial charge in [0.15, 0.2) is 16.9 Å². The van der Waals surface area contributed by atoms with Gasteiger partial charge < -0.3 is 14.6 Å². The van der Waals surface area contributed by atoms with Gasteiger partial charge in [-0.25, -0.2) is 15.0 Å². The van der Waals surface area contributed by atoms with E-state index in [0.717, 1.165) is 32.2 Å². The zero-order valence-corrected chi connectivity index (χ0v) is 21.0. The minimum atomic E-state index is -4.64. The molecule has 0 unspecified atom stereocenters. The minimum Gasteiger partial charge on any atom is -0.487 e. The van der Waals surface area contributed by atoms with Crippen LogP contribution >= 0.6 is 0 Å². The average molecular weight is 525 g/mol. The molecule has 8 nitrogen and oxygen atoms in total. The summed E-state index contributed by atoms with van der Waals surface area (Å²) in [6, 6.07) is 11.4. The normalized spacial score (nSPS) is 15.2. The third-order valence-corrected chi connectivity index (χ3v) is 6.50. The van der Waals surface area contributed by atoms with Crippen molar-refractivity contribution in [3.8, 4) is 28.3 Å². The Morgan fingerprint density at radius 2 is 1.68 bits per heavy atom. The first-order valence-electron chi connectivity index (χ1n) is 12.3. The van der Waals surface area contributed by atoms with Gasteiger partial charge in [0.1, 0.15) is 12.3 Å². The molecule has 0 atom stereocenters. The van der Waals surface area contributed by atoms with E-state index >= 15 is 0 Å². The SMILES string of the molecule is Cc1cc(-c2nc3c(=O)c(OCCN4CCN(C)CC4)c[nH]c3nc2-c2ccccc2)cc(C(F)(F)F)n1. The fourth-order valence-electron chi connectivity index (χ4n) is 4.42. The van der Waals surface area contributed by atoms with Crippen LogP contribution in [-0.2, 0) is 6.18 Å². The Bertz CT molecular complexity index is 1500. The van der Waals surface area contributed by atoms with Crippen LogP contribution in [0.2, 0.25) is 0 Å². The summed E-state index contributed by atoms with van der Waals surface area (Å²) in [5.41, 5.74) is 0.162. The summed E-state index contributed by atoms with van der Waals surface area (Å²) >= 11 is 0. The molecule has 1 N–H and O–H groups in total. The van der Waals surface area contributed by atoms with Gasteiger partial charge in [-0.1, -0.05) is 30.3 Å². The first-order chi connectivity index (χ1) is 18.2. The molecule has 0 saturated carbocycles. The lowest BCUT2D eigenvalue weighted by Crippen LogP contribution is -2.45. The minimum absolute atomic E-state index is 0.0141. The van der Waals surface area contributed by atoms with Crippen molar-refractivity contribution in [2.75, 3.05) is 46.4 Å². The van der Waals surface area contributed by atoms with Crippen molar-refractivity contribution in [3.63, 3.8) is 0 Å². The fourth-order valence-corrected chi connectivity index (χ4v) is 4.42. The van der Waals surface area contributed by atoms with Crippen molar-refractivity contribution in [1.29, 1.82) is 0 Å². The maximum absolute atomic E-state index is 13.6. The van der Waals surface area contributed by atoms with Gasteiger partial charge in [0.05, 0.1) is 11.4 Å². The first kappa shape index (κ1) is 25.8. The smallest absolute Gasteiger partial charge is 0.433 e. The van der Waals surface area contributed by atoms with Crippen LogP contribution in [0.15, 0.2) is 53.5 Å². The molecule has 0 aliphatic carbocycles. The molecule has 0 bridgehead atoms. The van der Waals surface area contributed by atoms with Crippen molar-refractivity contribution < 1.29 is 17.9 Å². The topological polar surface area (TPSA) is 87.2 Å². The van der Waals surface area contributed by atoms with Gasteiger partial charge in [-0.3, -0.25) is 9.69 Å². The van der Waals surface area contributed by atoms with E-state index in [1.165, 1.54) is 19.2 Å². The van der Waals surface area contributed by atoms with E-state index in [0.29, 0.717) is 24.4 Å². The number of alkyl halides is 3. The number of likely N-dealkylation sites (N-methyl/N-ethyl adjacent to an activating group) is 1. The van der Waals surface area contributed by atoms with Crippen molar-refractivity contribution in [2.24, 2.45) is 0 Å². The number of rotatable bonds is 6. The Hall–Kier alpha value is -3.83. The van der Waals surface area contributed by atoms with Crippen molar-refractivity contribution in [3.05, 3.63) is 70.3 Å². The lowest BCUT2D eigenvalue weighted by Gasteiger charge is -2.32. The monoisotopic (exact) mass is 524 g/mol. The molecular formula is C27H27F3N6O2. The third-order valence-electron chi connectivity index (χ3n) is 6.50. The van der Waals surface area contributed by atoms with Crippen LogP contribution < -0.4 is 10.2 Å². The number of hydrogen-bond acceptors (Lipinski definition) is 7. The van der Waals surface area contributed by atoms with Gasteiger partial charge in [0.25, 0.3) is 5.43 Å². The predicted molar refractivity (Wildman–Crippen MR) is 138 cm³/mol. The summed E-state index contributed by atoms with van der Waals surface area (Å²) in [5, 5.41) is 0. The zero-order valence-electron chi connectivity index (χ0n) is 21.0. The number of hydrogen-bond donors (Lipinski definition) is 1. The number of nitrogens with zero attached hydrogens (tertiary/aromatic N) is 5. The van der Waals surface area contributed by atoms with Crippen molar-refractivity contribution in [1.82, 2.24) is 29.7 Å². The van der Waals surface area contributed by atoms with Crippen LogP contribution in [-0.4, -0.2) is 76.1 Å². The molecule has 0 radical (unpaired) electrons. The maximum atomic E-state index is 13.6. The molecule has 1 fully saturated rings. The highest BCUT2D eigenvalue weighted by Crippen LogP contribution is 2.34. The molecule has 0 spiro atoms. The van der Waals surface area contributed by atoms with Gasteiger partial charge in [-0.15, -0.1) is 0 Å². The summed E-state index contributed by atoms with van der Waals surface area (Å²) in [4.78, 5) is 33.6. The number of ether oxygens (including phenoxy) is 1. The van der Waals surface area contributed by atoms with Crippen LogP contribution in [0.4, 0.5) is 13.2 Å². The van der Waals surface area contributed by atoms with Crippen LogP contribution in [0.25, 0.3) is 33.7 Å². The fraction of sp³-hybridized carbons (Fsp3) is 0.333. The van der Waals surface area contributed by atoms with Gasteiger partial charge in [-0.2, -0.15) is 13.2 Å². The highest BCUT2D eigenvalue weighted by Gasteiger charge is 2.33. The molecule has 38 heavy (non-hydrogen) atoms. The summed E-state index contributed by atoms with van der Waals surface area (Å²) in [5.74, 6) is 0.0845. The van der Waals surface area contributed by atoms with Crippen LogP contribution in [0.1, 0.15) is 11.4 Å². The maximum Gasteiger partial charge on any atom is 0.433 e. The molecule has 1 saturated heterocycles. The lowest BCUT2D eigenvalue weighted by molar-refractivity contribution is -0.141. The first-order valence-corrected chi connectivity index (χ1v) is 12.3. The molecule has 1 aromatic carbocycles. The molecule has 4 heterocycles. The van der Waals surface area contributed by atoms with E-state index in [9.17, 15) is 18.0 Å².